The van der Waals surface area contributed by atoms with Crippen molar-refractivity contribution in [2.75, 3.05) is 0 Å². The molecule has 2 atom stereocenters. The van der Waals surface area contributed by atoms with Crippen molar-refractivity contribution in [2.45, 2.75) is 40.5 Å². The minimum absolute atomic E-state index is 0.777. The maximum absolute atomic E-state index is 4.90. The van der Waals surface area contributed by atoms with Gasteiger partial charge in [0.25, 0.3) is 0 Å². The largest absolute Gasteiger partial charge is 0.257 e. The van der Waals surface area contributed by atoms with Gasteiger partial charge in [-0.05, 0) is 50.2 Å². The van der Waals surface area contributed by atoms with E-state index in [2.05, 4.69) is 58.0 Å². The van der Waals surface area contributed by atoms with Gasteiger partial charge in [-0.3, -0.25) is 4.99 Å². The standard InChI is InChI=1S/C17H23N/c1-5-12(2)16-8-6-7-9-17(16)18-15-10-13(3)14(4)11-15/h5-9,13-14H,10-11H2,1-4H3/b12-5-,18-15?. The minimum atomic E-state index is 0.777. The summed E-state index contributed by atoms with van der Waals surface area (Å²) < 4.78 is 0. The molecule has 96 valence electrons. The van der Waals surface area contributed by atoms with Crippen LogP contribution in [0.25, 0.3) is 5.57 Å². The average Bonchev–Trinajstić information content (AvgIpc) is 2.68. The van der Waals surface area contributed by atoms with Crippen LogP contribution in [0.1, 0.15) is 46.1 Å². The van der Waals surface area contributed by atoms with E-state index in [1.54, 1.807) is 0 Å². The molecule has 1 fully saturated rings. The van der Waals surface area contributed by atoms with Gasteiger partial charge in [0.05, 0.1) is 5.69 Å². The van der Waals surface area contributed by atoms with E-state index in [1.807, 2.05) is 0 Å². The molecule has 1 aromatic carbocycles. The zero-order chi connectivity index (χ0) is 13.1. The smallest absolute Gasteiger partial charge is 0.0703 e. The molecule has 0 heterocycles. The summed E-state index contributed by atoms with van der Waals surface area (Å²) in [6.07, 6.45) is 4.47. The summed E-state index contributed by atoms with van der Waals surface area (Å²) in [4.78, 5) is 4.90. The Hall–Kier alpha value is -1.37. The van der Waals surface area contributed by atoms with E-state index >= 15 is 0 Å². The molecule has 1 aromatic rings. The van der Waals surface area contributed by atoms with Gasteiger partial charge in [-0.2, -0.15) is 0 Å². The highest BCUT2D eigenvalue weighted by Gasteiger charge is 2.24. The van der Waals surface area contributed by atoms with E-state index < -0.39 is 0 Å². The minimum Gasteiger partial charge on any atom is -0.257 e. The van der Waals surface area contributed by atoms with Crippen LogP contribution in [0.4, 0.5) is 5.69 Å². The van der Waals surface area contributed by atoms with Gasteiger partial charge in [0.2, 0.25) is 0 Å². The molecule has 18 heavy (non-hydrogen) atoms. The maximum atomic E-state index is 4.90. The Morgan fingerprint density at radius 3 is 2.39 bits per heavy atom. The second kappa shape index (κ2) is 5.51. The van der Waals surface area contributed by atoms with Gasteiger partial charge in [-0.15, -0.1) is 0 Å². The fourth-order valence-corrected chi connectivity index (χ4v) is 2.55. The molecule has 2 rings (SSSR count). The van der Waals surface area contributed by atoms with Gasteiger partial charge in [0.1, 0.15) is 0 Å². The van der Waals surface area contributed by atoms with Crippen LogP contribution in [0.3, 0.4) is 0 Å². The summed E-state index contributed by atoms with van der Waals surface area (Å²) in [7, 11) is 0. The summed E-state index contributed by atoms with van der Waals surface area (Å²) in [6.45, 7) is 8.89. The fraction of sp³-hybridized carbons (Fsp3) is 0.471. The molecule has 0 N–H and O–H groups in total. The van der Waals surface area contributed by atoms with Crippen LogP contribution in [-0.2, 0) is 0 Å². The molecule has 0 spiro atoms. The fourth-order valence-electron chi connectivity index (χ4n) is 2.55. The number of allylic oxidation sites excluding steroid dienone is 2. The number of hydrogen-bond acceptors (Lipinski definition) is 1. The Morgan fingerprint density at radius 1 is 1.17 bits per heavy atom. The van der Waals surface area contributed by atoms with E-state index in [-0.39, 0.29) is 0 Å². The lowest BCUT2D eigenvalue weighted by atomic mass is 10.0. The van der Waals surface area contributed by atoms with Gasteiger partial charge in [0.15, 0.2) is 0 Å². The van der Waals surface area contributed by atoms with Gasteiger partial charge in [0, 0.05) is 11.3 Å². The van der Waals surface area contributed by atoms with Crippen molar-refractivity contribution in [3.8, 4) is 0 Å². The first-order valence-corrected chi connectivity index (χ1v) is 6.90. The van der Waals surface area contributed by atoms with Crippen LogP contribution in [0.2, 0.25) is 0 Å². The Bertz CT molecular complexity index is 470. The topological polar surface area (TPSA) is 12.4 Å². The summed E-state index contributed by atoms with van der Waals surface area (Å²) in [5, 5.41) is 0. The first kappa shape index (κ1) is 13.1. The number of benzene rings is 1. The first-order chi connectivity index (χ1) is 8.61. The third-order valence-electron chi connectivity index (χ3n) is 4.13. The van der Waals surface area contributed by atoms with Crippen LogP contribution in [-0.4, -0.2) is 5.71 Å². The molecule has 1 aliphatic rings. The highest BCUT2D eigenvalue weighted by molar-refractivity contribution is 5.90. The highest BCUT2D eigenvalue weighted by Crippen LogP contribution is 2.32. The molecule has 1 aliphatic carbocycles. The van der Waals surface area contributed by atoms with Crippen molar-refractivity contribution >= 4 is 17.0 Å². The second-order valence-corrected chi connectivity index (χ2v) is 5.53. The molecule has 0 bridgehead atoms. The number of nitrogens with zero attached hydrogens (tertiary/aromatic N) is 1. The van der Waals surface area contributed by atoms with Crippen molar-refractivity contribution in [1.29, 1.82) is 0 Å². The molecule has 0 saturated heterocycles. The van der Waals surface area contributed by atoms with E-state index in [0.717, 1.165) is 30.4 Å². The quantitative estimate of drug-likeness (QED) is 0.670. The van der Waals surface area contributed by atoms with E-state index in [1.165, 1.54) is 16.8 Å². The number of aliphatic imine (C=N–C) groups is 1. The third-order valence-corrected chi connectivity index (χ3v) is 4.13. The van der Waals surface area contributed by atoms with Crippen molar-refractivity contribution in [3.05, 3.63) is 35.9 Å². The summed E-state index contributed by atoms with van der Waals surface area (Å²) in [6, 6.07) is 8.46. The number of para-hydroxylation sites is 1. The van der Waals surface area contributed by atoms with E-state index in [9.17, 15) is 0 Å². The van der Waals surface area contributed by atoms with Gasteiger partial charge >= 0.3 is 0 Å². The van der Waals surface area contributed by atoms with Gasteiger partial charge < -0.3 is 0 Å². The van der Waals surface area contributed by atoms with Crippen LogP contribution < -0.4 is 0 Å². The molecular weight excluding hydrogens is 218 g/mol. The van der Waals surface area contributed by atoms with Crippen molar-refractivity contribution in [3.63, 3.8) is 0 Å². The normalized spacial score (nSPS) is 24.4. The molecule has 1 saturated carbocycles. The lowest BCUT2D eigenvalue weighted by Crippen LogP contribution is -1.95. The van der Waals surface area contributed by atoms with E-state index in [0.29, 0.717) is 0 Å². The number of rotatable bonds is 2. The zero-order valence-electron chi connectivity index (χ0n) is 11.9. The van der Waals surface area contributed by atoms with E-state index in [4.69, 9.17) is 4.99 Å². The monoisotopic (exact) mass is 241 g/mol. The molecular formula is C17H23N. The maximum Gasteiger partial charge on any atom is 0.0703 e. The number of hydrogen-bond donors (Lipinski definition) is 0. The molecule has 0 amide bonds. The Kier molecular flexibility index (Phi) is 4.00. The molecule has 1 heteroatoms. The average molecular weight is 241 g/mol. The summed E-state index contributed by atoms with van der Waals surface area (Å²) in [5.74, 6) is 1.55. The molecule has 1 nitrogen and oxygen atoms in total. The predicted molar refractivity (Wildman–Crippen MR) is 80.4 cm³/mol. The molecule has 2 unspecified atom stereocenters. The first-order valence-electron chi connectivity index (χ1n) is 6.90. The lowest BCUT2D eigenvalue weighted by molar-refractivity contribution is 0.457. The molecule has 0 aromatic heterocycles. The van der Waals surface area contributed by atoms with Crippen LogP contribution in [0, 0.1) is 11.8 Å². The Balaban J connectivity index is 2.33. The Labute approximate surface area is 111 Å². The SMILES string of the molecule is C/C=C(/C)c1ccccc1N=C1CC(C)C(C)C1. The van der Waals surface area contributed by atoms with Crippen molar-refractivity contribution in [1.82, 2.24) is 0 Å². The summed E-state index contributed by atoms with van der Waals surface area (Å²) in [5.41, 5.74) is 5.06. The molecule has 0 radical (unpaired) electrons. The summed E-state index contributed by atoms with van der Waals surface area (Å²) >= 11 is 0. The van der Waals surface area contributed by atoms with Crippen LogP contribution in [0.15, 0.2) is 35.3 Å². The lowest BCUT2D eigenvalue weighted by Gasteiger charge is -2.06. The van der Waals surface area contributed by atoms with Crippen molar-refractivity contribution < 1.29 is 0 Å². The Morgan fingerprint density at radius 2 is 1.78 bits per heavy atom. The third kappa shape index (κ3) is 2.72. The highest BCUT2D eigenvalue weighted by atomic mass is 14.8. The van der Waals surface area contributed by atoms with Crippen LogP contribution in [0.5, 0.6) is 0 Å². The zero-order valence-corrected chi connectivity index (χ0v) is 11.9. The molecule has 0 aliphatic heterocycles. The second-order valence-electron chi connectivity index (χ2n) is 5.53. The van der Waals surface area contributed by atoms with Crippen molar-refractivity contribution in [2.24, 2.45) is 16.8 Å². The van der Waals surface area contributed by atoms with Gasteiger partial charge in [-0.1, -0.05) is 38.1 Å². The van der Waals surface area contributed by atoms with Crippen LogP contribution >= 0.6 is 0 Å². The van der Waals surface area contributed by atoms with Gasteiger partial charge in [-0.25, -0.2) is 0 Å². The predicted octanol–water partition coefficient (Wildman–Crippen LogP) is 5.25.